The summed E-state index contributed by atoms with van der Waals surface area (Å²) >= 11 is 5.93. The molecule has 29 heavy (non-hydrogen) atoms. The van der Waals surface area contributed by atoms with Gasteiger partial charge in [0, 0.05) is 50.0 Å². The molecule has 0 aromatic heterocycles. The van der Waals surface area contributed by atoms with Gasteiger partial charge in [-0.1, -0.05) is 18.5 Å². The smallest absolute Gasteiger partial charge is 0.317 e. The zero-order valence-corrected chi connectivity index (χ0v) is 17.6. The van der Waals surface area contributed by atoms with E-state index in [-0.39, 0.29) is 29.6 Å². The molecule has 1 aromatic rings. The van der Waals surface area contributed by atoms with E-state index in [1.165, 1.54) is 18.2 Å². The summed E-state index contributed by atoms with van der Waals surface area (Å²) in [5.74, 6) is -0.916. The van der Waals surface area contributed by atoms with E-state index in [4.69, 9.17) is 16.3 Å². The van der Waals surface area contributed by atoms with Gasteiger partial charge in [0.1, 0.15) is 5.82 Å². The zero-order chi connectivity index (χ0) is 20.8. The molecular formula is C21H29ClFN3O3. The molecule has 8 heteroatoms. The highest BCUT2D eigenvalue weighted by molar-refractivity contribution is 6.31. The molecule has 1 N–H and O–H groups in total. The third kappa shape index (κ3) is 5.39. The maximum absolute atomic E-state index is 14.1. The van der Waals surface area contributed by atoms with Gasteiger partial charge in [-0.2, -0.15) is 0 Å². The maximum Gasteiger partial charge on any atom is 0.317 e. The molecule has 0 saturated carbocycles. The molecule has 1 aromatic carbocycles. The Morgan fingerprint density at radius 2 is 1.86 bits per heavy atom. The van der Waals surface area contributed by atoms with Crippen LogP contribution in [-0.2, 0) is 4.74 Å². The Balaban J connectivity index is 1.66. The highest BCUT2D eigenvalue weighted by Crippen LogP contribution is 2.26. The molecule has 0 unspecified atom stereocenters. The third-order valence-corrected chi connectivity index (χ3v) is 5.88. The first-order valence-corrected chi connectivity index (χ1v) is 10.8. The van der Waals surface area contributed by atoms with Crippen LogP contribution in [0.15, 0.2) is 18.2 Å². The average Bonchev–Trinajstić information content (AvgIpc) is 2.75. The Labute approximate surface area is 176 Å². The van der Waals surface area contributed by atoms with E-state index in [0.717, 1.165) is 19.3 Å². The Hall–Kier alpha value is -1.86. The van der Waals surface area contributed by atoms with E-state index >= 15 is 0 Å². The van der Waals surface area contributed by atoms with E-state index in [1.807, 2.05) is 11.8 Å². The number of carbonyl (C=O) groups is 2. The summed E-state index contributed by atoms with van der Waals surface area (Å²) in [5.41, 5.74) is -0.00192. The van der Waals surface area contributed by atoms with Crippen LogP contribution in [0, 0.1) is 5.82 Å². The van der Waals surface area contributed by atoms with Crippen LogP contribution in [0.25, 0.3) is 0 Å². The van der Waals surface area contributed by atoms with Gasteiger partial charge in [-0.25, -0.2) is 9.18 Å². The Kier molecular flexibility index (Phi) is 7.72. The number of piperidine rings is 1. The second kappa shape index (κ2) is 10.3. The molecule has 160 valence electrons. The van der Waals surface area contributed by atoms with Crippen molar-refractivity contribution in [2.24, 2.45) is 0 Å². The van der Waals surface area contributed by atoms with Crippen LogP contribution in [0.5, 0.6) is 0 Å². The molecule has 2 fully saturated rings. The molecule has 2 saturated heterocycles. The van der Waals surface area contributed by atoms with Crippen LogP contribution in [0.4, 0.5) is 9.18 Å². The van der Waals surface area contributed by atoms with Gasteiger partial charge in [-0.3, -0.25) is 4.79 Å². The highest BCUT2D eigenvalue weighted by atomic mass is 35.5. The van der Waals surface area contributed by atoms with Crippen molar-refractivity contribution >= 4 is 23.5 Å². The molecule has 0 spiro atoms. The minimum atomic E-state index is -0.565. The summed E-state index contributed by atoms with van der Waals surface area (Å²) in [7, 11) is 0. The van der Waals surface area contributed by atoms with Crippen LogP contribution < -0.4 is 5.32 Å². The quantitative estimate of drug-likeness (QED) is 0.782. The summed E-state index contributed by atoms with van der Waals surface area (Å²) < 4.78 is 19.5. The minimum Gasteiger partial charge on any atom is -0.381 e. The number of benzene rings is 1. The van der Waals surface area contributed by atoms with Gasteiger partial charge in [0.2, 0.25) is 0 Å². The van der Waals surface area contributed by atoms with Gasteiger partial charge in [-0.15, -0.1) is 0 Å². The van der Waals surface area contributed by atoms with Crippen molar-refractivity contribution < 1.29 is 18.7 Å². The predicted molar refractivity (Wildman–Crippen MR) is 110 cm³/mol. The summed E-state index contributed by atoms with van der Waals surface area (Å²) in [5, 5.41) is 3.34. The first kappa shape index (κ1) is 21.8. The average molecular weight is 426 g/mol. The summed E-state index contributed by atoms with van der Waals surface area (Å²) in [4.78, 5) is 29.2. The number of ether oxygens (including phenoxy) is 1. The fourth-order valence-corrected chi connectivity index (χ4v) is 4.27. The predicted octanol–water partition coefficient (Wildman–Crippen LogP) is 3.68. The maximum atomic E-state index is 14.1. The molecule has 2 heterocycles. The first-order valence-electron chi connectivity index (χ1n) is 10.4. The van der Waals surface area contributed by atoms with Crippen LogP contribution in [0.1, 0.15) is 49.4 Å². The lowest BCUT2D eigenvalue weighted by atomic mass is 9.97. The Morgan fingerprint density at radius 3 is 2.52 bits per heavy atom. The van der Waals surface area contributed by atoms with Crippen molar-refractivity contribution in [3.63, 3.8) is 0 Å². The molecular weight excluding hydrogens is 397 g/mol. The Bertz CT molecular complexity index is 719. The van der Waals surface area contributed by atoms with Crippen LogP contribution in [-0.4, -0.2) is 66.7 Å². The number of rotatable bonds is 5. The minimum absolute atomic E-state index is 0.00192. The summed E-state index contributed by atoms with van der Waals surface area (Å²) in [6, 6.07) is 4.19. The molecule has 2 aliphatic heterocycles. The van der Waals surface area contributed by atoms with E-state index in [2.05, 4.69) is 5.32 Å². The fraction of sp³-hybridized carbons (Fsp3) is 0.619. The van der Waals surface area contributed by atoms with Gasteiger partial charge in [0.05, 0.1) is 5.56 Å². The molecule has 6 nitrogen and oxygen atoms in total. The van der Waals surface area contributed by atoms with Crippen LogP contribution >= 0.6 is 11.6 Å². The van der Waals surface area contributed by atoms with E-state index in [0.29, 0.717) is 50.7 Å². The SMILES string of the molecule is CCCNC(=O)N(C1CCOCC1)C1CCN(C(=O)c2cc(Cl)ccc2F)CC1. The second-order valence-electron chi connectivity index (χ2n) is 7.63. The van der Waals surface area contributed by atoms with E-state index < -0.39 is 5.82 Å². The van der Waals surface area contributed by atoms with Gasteiger partial charge < -0.3 is 19.9 Å². The fourth-order valence-electron chi connectivity index (χ4n) is 4.10. The molecule has 3 amide bonds. The molecule has 0 bridgehead atoms. The second-order valence-corrected chi connectivity index (χ2v) is 8.07. The molecule has 3 rings (SSSR count). The lowest BCUT2D eigenvalue weighted by Crippen LogP contribution is -2.56. The Morgan fingerprint density at radius 1 is 1.21 bits per heavy atom. The van der Waals surface area contributed by atoms with Crippen molar-refractivity contribution in [2.75, 3.05) is 32.8 Å². The third-order valence-electron chi connectivity index (χ3n) is 5.65. The van der Waals surface area contributed by atoms with Crippen LogP contribution in [0.2, 0.25) is 5.02 Å². The number of hydrogen-bond acceptors (Lipinski definition) is 3. The monoisotopic (exact) mass is 425 g/mol. The number of urea groups is 1. The molecule has 0 radical (unpaired) electrons. The highest BCUT2D eigenvalue weighted by Gasteiger charge is 2.35. The molecule has 0 aliphatic carbocycles. The van der Waals surface area contributed by atoms with Gasteiger partial charge in [-0.05, 0) is 50.3 Å². The topological polar surface area (TPSA) is 61.9 Å². The number of likely N-dealkylation sites (tertiary alicyclic amines) is 1. The summed E-state index contributed by atoms with van der Waals surface area (Å²) in [6.45, 7) is 4.95. The van der Waals surface area contributed by atoms with E-state index in [1.54, 1.807) is 4.90 Å². The standard InChI is InChI=1S/C21H29ClFN3O3/c1-2-9-24-21(28)26(17-7-12-29-13-8-17)16-5-10-25(11-6-16)20(27)18-14-15(22)3-4-19(18)23/h3-4,14,16-17H,2,5-13H2,1H3,(H,24,28). The lowest BCUT2D eigenvalue weighted by molar-refractivity contribution is 0.0209. The van der Waals surface area contributed by atoms with Crippen molar-refractivity contribution in [1.82, 2.24) is 15.1 Å². The lowest BCUT2D eigenvalue weighted by Gasteiger charge is -2.43. The molecule has 2 aliphatic rings. The molecule has 0 atom stereocenters. The zero-order valence-electron chi connectivity index (χ0n) is 16.8. The number of nitrogens with one attached hydrogen (secondary N) is 1. The number of amides is 3. The van der Waals surface area contributed by atoms with E-state index in [9.17, 15) is 14.0 Å². The van der Waals surface area contributed by atoms with Crippen molar-refractivity contribution in [3.05, 3.63) is 34.6 Å². The van der Waals surface area contributed by atoms with Crippen molar-refractivity contribution in [1.29, 1.82) is 0 Å². The van der Waals surface area contributed by atoms with Gasteiger partial charge >= 0.3 is 6.03 Å². The summed E-state index contributed by atoms with van der Waals surface area (Å²) in [6.07, 6.45) is 3.87. The first-order chi connectivity index (χ1) is 14.0. The van der Waals surface area contributed by atoms with Crippen molar-refractivity contribution in [3.8, 4) is 0 Å². The van der Waals surface area contributed by atoms with Crippen LogP contribution in [0.3, 0.4) is 0 Å². The number of hydrogen-bond donors (Lipinski definition) is 1. The van der Waals surface area contributed by atoms with Gasteiger partial charge in [0.15, 0.2) is 0 Å². The normalized spacial score (nSPS) is 18.5. The number of nitrogens with zero attached hydrogens (tertiary/aromatic N) is 2. The number of halogens is 2. The number of carbonyl (C=O) groups excluding carboxylic acids is 2. The van der Waals surface area contributed by atoms with Crippen molar-refractivity contribution in [2.45, 2.75) is 51.1 Å². The van der Waals surface area contributed by atoms with Gasteiger partial charge in [0.25, 0.3) is 5.91 Å². The largest absolute Gasteiger partial charge is 0.381 e.